The van der Waals surface area contributed by atoms with Crippen molar-refractivity contribution in [2.24, 2.45) is 5.41 Å². The number of hydrogen-bond donors (Lipinski definition) is 0. The minimum Gasteiger partial charge on any atom is -0.258 e. The predicted octanol–water partition coefficient (Wildman–Crippen LogP) is 2.94. The van der Waals surface area contributed by atoms with Crippen LogP contribution in [-0.2, 0) is 10.0 Å². The molecule has 0 unspecified atom stereocenters. The van der Waals surface area contributed by atoms with Gasteiger partial charge in [-0.05, 0) is 24.0 Å². The van der Waals surface area contributed by atoms with Gasteiger partial charge in [-0.25, -0.2) is 8.42 Å². The monoisotopic (exact) mass is 339 g/mol. The highest BCUT2D eigenvalue weighted by Crippen LogP contribution is 2.27. The molecule has 0 saturated heterocycles. The van der Waals surface area contributed by atoms with Crippen molar-refractivity contribution in [3.05, 3.63) is 34.4 Å². The fourth-order valence-electron chi connectivity index (χ4n) is 2.21. The van der Waals surface area contributed by atoms with Crippen LogP contribution in [0.3, 0.4) is 0 Å². The summed E-state index contributed by atoms with van der Waals surface area (Å²) in [5.41, 5.74) is -0.485. The van der Waals surface area contributed by atoms with Crippen LogP contribution in [0.25, 0.3) is 0 Å². The first-order valence-electron chi connectivity index (χ1n) is 7.25. The van der Waals surface area contributed by atoms with Gasteiger partial charge in [-0.1, -0.05) is 20.8 Å². The van der Waals surface area contributed by atoms with Crippen LogP contribution in [-0.4, -0.2) is 30.7 Å². The second-order valence-corrected chi connectivity index (χ2v) is 7.94. The highest BCUT2D eigenvalue weighted by Gasteiger charge is 2.29. The van der Waals surface area contributed by atoms with Gasteiger partial charge in [0.2, 0.25) is 10.0 Å². The molecule has 0 N–H and O–H groups in total. The zero-order valence-electron chi connectivity index (χ0n) is 13.5. The number of sulfonamides is 1. The van der Waals surface area contributed by atoms with Gasteiger partial charge < -0.3 is 0 Å². The van der Waals surface area contributed by atoms with Gasteiger partial charge in [0, 0.05) is 31.6 Å². The van der Waals surface area contributed by atoms with E-state index in [-0.39, 0.29) is 29.1 Å². The minimum absolute atomic E-state index is 0.0287. The summed E-state index contributed by atoms with van der Waals surface area (Å²) in [6, 6.07) is 6.93. The normalized spacial score (nSPS) is 12.1. The van der Waals surface area contributed by atoms with Gasteiger partial charge in [0.05, 0.1) is 15.9 Å². The molecule has 1 aromatic carbocycles. The van der Waals surface area contributed by atoms with Crippen LogP contribution in [0, 0.1) is 26.9 Å². The van der Waals surface area contributed by atoms with E-state index >= 15 is 0 Å². The molecular formula is C15H21N3O4S. The molecule has 0 fully saturated rings. The van der Waals surface area contributed by atoms with Crippen molar-refractivity contribution in [2.45, 2.75) is 38.5 Å². The van der Waals surface area contributed by atoms with E-state index < -0.39 is 14.9 Å². The number of hydrogen-bond acceptors (Lipinski definition) is 5. The maximum absolute atomic E-state index is 12.7. The number of benzene rings is 1. The molecule has 126 valence electrons. The van der Waals surface area contributed by atoms with Crippen LogP contribution in [0.15, 0.2) is 29.2 Å². The first kappa shape index (κ1) is 19.1. The van der Waals surface area contributed by atoms with E-state index in [1.807, 2.05) is 13.8 Å². The molecule has 7 nitrogen and oxygen atoms in total. The van der Waals surface area contributed by atoms with Crippen molar-refractivity contribution in [1.82, 2.24) is 4.31 Å². The molecule has 0 amide bonds. The lowest BCUT2D eigenvalue weighted by atomic mass is 9.88. The van der Waals surface area contributed by atoms with Gasteiger partial charge in [-0.2, -0.15) is 9.57 Å². The van der Waals surface area contributed by atoms with Crippen LogP contribution < -0.4 is 0 Å². The number of nitriles is 1. The molecule has 0 aromatic heterocycles. The van der Waals surface area contributed by atoms with E-state index in [1.165, 1.54) is 28.6 Å². The Labute approximate surface area is 136 Å². The lowest BCUT2D eigenvalue weighted by Gasteiger charge is -2.31. The molecule has 0 heterocycles. The van der Waals surface area contributed by atoms with Gasteiger partial charge in [-0.15, -0.1) is 0 Å². The molecule has 23 heavy (non-hydrogen) atoms. The Balaban J connectivity index is 3.03. The Morgan fingerprint density at radius 2 is 1.87 bits per heavy atom. The molecule has 0 radical (unpaired) electrons. The lowest BCUT2D eigenvalue weighted by molar-refractivity contribution is -0.384. The van der Waals surface area contributed by atoms with Gasteiger partial charge in [0.15, 0.2) is 0 Å². The fraction of sp³-hybridized carbons (Fsp3) is 0.533. The lowest BCUT2D eigenvalue weighted by Crippen LogP contribution is -2.38. The van der Waals surface area contributed by atoms with Crippen LogP contribution in [0.2, 0.25) is 0 Å². The summed E-state index contributed by atoms with van der Waals surface area (Å²) in [6.45, 7) is 6.14. The summed E-state index contributed by atoms with van der Waals surface area (Å²) >= 11 is 0. The van der Waals surface area contributed by atoms with E-state index in [2.05, 4.69) is 6.07 Å². The number of rotatable bonds is 8. The van der Waals surface area contributed by atoms with E-state index in [0.29, 0.717) is 12.8 Å². The summed E-state index contributed by atoms with van der Waals surface area (Å²) in [5.74, 6) is 0. The summed E-state index contributed by atoms with van der Waals surface area (Å²) in [7, 11) is -3.72. The molecule has 1 aromatic rings. The number of nitro benzene ring substituents is 1. The predicted molar refractivity (Wildman–Crippen MR) is 86.2 cm³/mol. The van der Waals surface area contributed by atoms with Crippen molar-refractivity contribution in [3.8, 4) is 6.07 Å². The van der Waals surface area contributed by atoms with Crippen molar-refractivity contribution < 1.29 is 13.3 Å². The van der Waals surface area contributed by atoms with E-state index in [0.717, 1.165) is 0 Å². The number of nitro groups is 1. The maximum atomic E-state index is 12.7. The van der Waals surface area contributed by atoms with Gasteiger partial charge in [0.25, 0.3) is 5.69 Å². The third-order valence-electron chi connectivity index (χ3n) is 3.56. The third-order valence-corrected chi connectivity index (χ3v) is 5.49. The quantitative estimate of drug-likeness (QED) is 0.535. The summed E-state index contributed by atoms with van der Waals surface area (Å²) in [6.07, 6.45) is 0.956. The summed E-state index contributed by atoms with van der Waals surface area (Å²) in [5, 5.41) is 19.4. The topological polar surface area (TPSA) is 104 Å². The zero-order valence-corrected chi connectivity index (χ0v) is 14.3. The highest BCUT2D eigenvalue weighted by molar-refractivity contribution is 7.89. The molecule has 0 aliphatic heterocycles. The van der Waals surface area contributed by atoms with E-state index in [1.54, 1.807) is 6.92 Å². The summed E-state index contributed by atoms with van der Waals surface area (Å²) < 4.78 is 26.7. The molecule has 0 atom stereocenters. The Hall–Kier alpha value is -1.98. The van der Waals surface area contributed by atoms with Crippen molar-refractivity contribution in [3.63, 3.8) is 0 Å². The number of nitrogens with zero attached hydrogens (tertiary/aromatic N) is 3. The average molecular weight is 339 g/mol. The van der Waals surface area contributed by atoms with Crippen LogP contribution in [0.5, 0.6) is 0 Å². The summed E-state index contributed by atoms with van der Waals surface area (Å²) in [4.78, 5) is 10.1. The van der Waals surface area contributed by atoms with E-state index in [4.69, 9.17) is 5.26 Å². The van der Waals surface area contributed by atoms with Crippen LogP contribution >= 0.6 is 0 Å². The molecular weight excluding hydrogens is 318 g/mol. The second-order valence-electron chi connectivity index (χ2n) is 6.00. The largest absolute Gasteiger partial charge is 0.269 e. The SMILES string of the molecule is CCN(CC(C)(C)CCC#N)S(=O)(=O)c1ccc([N+](=O)[O-])cc1. The highest BCUT2D eigenvalue weighted by atomic mass is 32.2. The average Bonchev–Trinajstić information content (AvgIpc) is 2.50. The molecule has 0 aliphatic rings. The molecule has 0 spiro atoms. The first-order valence-corrected chi connectivity index (χ1v) is 8.69. The minimum atomic E-state index is -3.72. The Kier molecular flexibility index (Phi) is 6.24. The fourth-order valence-corrected chi connectivity index (χ4v) is 3.84. The smallest absolute Gasteiger partial charge is 0.258 e. The molecule has 0 bridgehead atoms. The van der Waals surface area contributed by atoms with Gasteiger partial charge in [0.1, 0.15) is 0 Å². The van der Waals surface area contributed by atoms with Gasteiger partial charge in [-0.3, -0.25) is 10.1 Å². The standard InChI is InChI=1S/C15H21N3O4S/c1-4-17(12-15(2,3)10-5-11-16)23(21,22)14-8-6-13(7-9-14)18(19)20/h6-9H,4-5,10,12H2,1-3H3. The van der Waals surface area contributed by atoms with Crippen LogP contribution in [0.4, 0.5) is 5.69 Å². The Bertz CT molecular complexity index is 690. The molecule has 1 rings (SSSR count). The zero-order chi connectivity index (χ0) is 17.7. The Morgan fingerprint density at radius 3 is 2.30 bits per heavy atom. The van der Waals surface area contributed by atoms with Crippen molar-refractivity contribution >= 4 is 15.7 Å². The molecule has 8 heteroatoms. The molecule has 0 aliphatic carbocycles. The maximum Gasteiger partial charge on any atom is 0.269 e. The molecule has 0 saturated carbocycles. The van der Waals surface area contributed by atoms with E-state index in [9.17, 15) is 18.5 Å². The van der Waals surface area contributed by atoms with Crippen LogP contribution in [0.1, 0.15) is 33.6 Å². The Morgan fingerprint density at radius 1 is 1.30 bits per heavy atom. The van der Waals surface area contributed by atoms with Crippen molar-refractivity contribution in [2.75, 3.05) is 13.1 Å². The second kappa shape index (κ2) is 7.53. The number of non-ortho nitro benzene ring substituents is 1. The van der Waals surface area contributed by atoms with Crippen molar-refractivity contribution in [1.29, 1.82) is 5.26 Å². The third kappa shape index (κ3) is 5.01. The first-order chi connectivity index (χ1) is 10.6. The van der Waals surface area contributed by atoms with Gasteiger partial charge >= 0.3 is 0 Å².